The third-order valence-electron chi connectivity index (χ3n) is 5.38. The summed E-state index contributed by atoms with van der Waals surface area (Å²) in [5.74, 6) is -3.61. The minimum Gasteiger partial charge on any atom is -0.462 e. The van der Waals surface area contributed by atoms with E-state index in [4.69, 9.17) is 15.9 Å². The number of hydrogen-bond acceptors (Lipinski definition) is 12. The standard InChI is InChI=1S/C25H24N4O10S3/c1-5-10-28-16-9-8-15(29(34)35)11-17(16)40-25(28)27-19(31)13-42(36,37)12-18(30)26-22-20(23(32)38-6-2)14(4)21(41-22)24(33)39-7-3/h1,8-9,11H,6-7,10,12-13H2,2-4H3,(H,26,30). The van der Waals surface area contributed by atoms with Crippen LogP contribution in [0.1, 0.15) is 39.4 Å². The molecule has 17 heteroatoms. The van der Waals surface area contributed by atoms with Crippen LogP contribution in [0.2, 0.25) is 0 Å². The molecule has 0 bridgehead atoms. The molecule has 0 aliphatic heterocycles. The number of nitrogens with zero attached hydrogens (tertiary/aromatic N) is 3. The van der Waals surface area contributed by atoms with E-state index in [0.29, 0.717) is 10.2 Å². The van der Waals surface area contributed by atoms with Crippen LogP contribution in [-0.2, 0) is 35.4 Å². The van der Waals surface area contributed by atoms with Gasteiger partial charge in [0, 0.05) is 12.1 Å². The Hall–Kier alpha value is -4.40. The fraction of sp³-hybridized carbons (Fsp3) is 0.320. The Labute approximate surface area is 247 Å². The Balaban J connectivity index is 1.84. The highest BCUT2D eigenvalue weighted by atomic mass is 32.2. The monoisotopic (exact) mass is 636 g/mol. The van der Waals surface area contributed by atoms with Crippen LogP contribution >= 0.6 is 22.7 Å². The summed E-state index contributed by atoms with van der Waals surface area (Å²) in [7, 11) is -4.36. The highest BCUT2D eigenvalue weighted by Crippen LogP contribution is 2.34. The molecule has 42 heavy (non-hydrogen) atoms. The van der Waals surface area contributed by atoms with Crippen molar-refractivity contribution in [3.63, 3.8) is 0 Å². The van der Waals surface area contributed by atoms with E-state index in [-0.39, 0.29) is 51.3 Å². The number of ether oxygens (including phenoxy) is 2. The molecule has 0 atom stereocenters. The van der Waals surface area contributed by atoms with Gasteiger partial charge in [-0.05, 0) is 32.4 Å². The second-order valence-corrected chi connectivity index (χ2v) is 12.5. The first-order valence-corrected chi connectivity index (χ1v) is 15.5. The minimum absolute atomic E-state index is 0.00821. The first kappa shape index (κ1) is 32.1. The van der Waals surface area contributed by atoms with E-state index in [9.17, 15) is 37.7 Å². The van der Waals surface area contributed by atoms with Crippen molar-refractivity contribution in [3.8, 4) is 12.3 Å². The lowest BCUT2D eigenvalue weighted by Crippen LogP contribution is -2.28. The van der Waals surface area contributed by atoms with Gasteiger partial charge >= 0.3 is 11.9 Å². The van der Waals surface area contributed by atoms with Gasteiger partial charge in [-0.3, -0.25) is 19.7 Å². The first-order valence-electron chi connectivity index (χ1n) is 12.1. The van der Waals surface area contributed by atoms with Gasteiger partial charge in [-0.15, -0.1) is 17.8 Å². The summed E-state index contributed by atoms with van der Waals surface area (Å²) in [6.07, 6.45) is 5.40. The predicted octanol–water partition coefficient (Wildman–Crippen LogP) is 2.45. The molecular weight excluding hydrogens is 612 g/mol. The zero-order chi connectivity index (χ0) is 31.2. The van der Waals surface area contributed by atoms with Crippen LogP contribution in [0, 0.1) is 29.4 Å². The van der Waals surface area contributed by atoms with Gasteiger partial charge in [0.25, 0.3) is 11.6 Å². The van der Waals surface area contributed by atoms with Crippen molar-refractivity contribution in [1.29, 1.82) is 0 Å². The van der Waals surface area contributed by atoms with E-state index in [1.165, 1.54) is 29.7 Å². The van der Waals surface area contributed by atoms with E-state index in [1.807, 2.05) is 0 Å². The Morgan fingerprint density at radius 3 is 2.40 bits per heavy atom. The van der Waals surface area contributed by atoms with E-state index in [2.05, 4.69) is 16.2 Å². The number of amides is 2. The van der Waals surface area contributed by atoms with Crippen LogP contribution in [0.3, 0.4) is 0 Å². The maximum absolute atomic E-state index is 12.7. The number of aromatic nitrogens is 1. The van der Waals surface area contributed by atoms with Crippen LogP contribution in [0.5, 0.6) is 0 Å². The molecule has 0 spiro atoms. The lowest BCUT2D eigenvalue weighted by Gasteiger charge is -2.07. The van der Waals surface area contributed by atoms with E-state index < -0.39 is 50.0 Å². The number of anilines is 1. The van der Waals surface area contributed by atoms with Crippen molar-refractivity contribution >= 4 is 77.2 Å². The fourth-order valence-electron chi connectivity index (χ4n) is 3.69. The summed E-state index contributed by atoms with van der Waals surface area (Å²) < 4.78 is 37.2. The van der Waals surface area contributed by atoms with Crippen LogP contribution in [-0.4, -0.2) is 66.4 Å². The second-order valence-electron chi connectivity index (χ2n) is 8.37. The predicted molar refractivity (Wildman–Crippen MR) is 154 cm³/mol. The van der Waals surface area contributed by atoms with Crippen molar-refractivity contribution < 1.29 is 42.0 Å². The number of non-ortho nitro benzene ring substituents is 1. The maximum Gasteiger partial charge on any atom is 0.348 e. The number of esters is 2. The number of thiazole rings is 1. The van der Waals surface area contributed by atoms with Gasteiger partial charge in [0.15, 0.2) is 14.6 Å². The minimum atomic E-state index is -4.36. The number of fused-ring (bicyclic) bond motifs is 1. The van der Waals surface area contributed by atoms with Crippen molar-refractivity contribution in [2.75, 3.05) is 30.0 Å². The third-order valence-corrected chi connectivity index (χ3v) is 9.00. The average molecular weight is 637 g/mol. The molecule has 0 radical (unpaired) electrons. The summed E-state index contributed by atoms with van der Waals surface area (Å²) in [4.78, 5) is 64.5. The number of carbonyl (C=O) groups excluding carboxylic acids is 4. The van der Waals surface area contributed by atoms with Crippen molar-refractivity contribution in [2.24, 2.45) is 4.99 Å². The Morgan fingerprint density at radius 1 is 1.12 bits per heavy atom. The number of thiophene rings is 1. The van der Waals surface area contributed by atoms with Crippen LogP contribution in [0.25, 0.3) is 10.2 Å². The number of benzene rings is 1. The molecule has 2 amide bonds. The van der Waals surface area contributed by atoms with Gasteiger partial charge in [-0.1, -0.05) is 17.3 Å². The number of sulfone groups is 1. The smallest absolute Gasteiger partial charge is 0.348 e. The van der Waals surface area contributed by atoms with Gasteiger partial charge < -0.3 is 19.4 Å². The van der Waals surface area contributed by atoms with Gasteiger partial charge in [-0.25, -0.2) is 18.0 Å². The summed E-state index contributed by atoms with van der Waals surface area (Å²) in [5.41, 5.74) is 0.343. The highest BCUT2D eigenvalue weighted by Gasteiger charge is 2.29. The number of nitro groups is 1. The van der Waals surface area contributed by atoms with Crippen LogP contribution in [0.15, 0.2) is 23.2 Å². The van der Waals surface area contributed by atoms with Gasteiger partial charge in [0.05, 0.1) is 40.5 Å². The number of terminal acetylenes is 1. The molecule has 2 aromatic heterocycles. The molecule has 0 aliphatic rings. The van der Waals surface area contributed by atoms with Crippen molar-refractivity contribution in [3.05, 3.63) is 49.1 Å². The lowest BCUT2D eigenvalue weighted by molar-refractivity contribution is -0.384. The fourth-order valence-corrected chi connectivity index (χ4v) is 6.89. The molecule has 0 saturated carbocycles. The molecule has 3 aromatic rings. The molecule has 222 valence electrons. The van der Waals surface area contributed by atoms with Crippen LogP contribution < -0.4 is 10.1 Å². The Morgan fingerprint density at radius 2 is 1.79 bits per heavy atom. The molecule has 1 N–H and O–H groups in total. The molecule has 0 unspecified atom stereocenters. The molecule has 2 heterocycles. The zero-order valence-electron chi connectivity index (χ0n) is 22.5. The average Bonchev–Trinajstić information content (AvgIpc) is 3.39. The van der Waals surface area contributed by atoms with Crippen molar-refractivity contribution in [1.82, 2.24) is 4.57 Å². The summed E-state index contributed by atoms with van der Waals surface area (Å²) in [6.45, 7) is 4.64. The number of rotatable bonds is 11. The van der Waals surface area contributed by atoms with Crippen LogP contribution in [0.4, 0.5) is 10.7 Å². The van der Waals surface area contributed by atoms with Gasteiger partial charge in [-0.2, -0.15) is 4.99 Å². The molecule has 1 aromatic carbocycles. The largest absolute Gasteiger partial charge is 0.462 e. The molecule has 0 fully saturated rings. The molecule has 0 aliphatic carbocycles. The SMILES string of the molecule is C#CCn1c(=NC(=O)CS(=O)(=O)CC(=O)Nc2sc(C(=O)OCC)c(C)c2C(=O)OCC)sc2cc([N+](=O)[O-])ccc21. The molecule has 3 rings (SSSR count). The summed E-state index contributed by atoms with van der Waals surface area (Å²) in [5, 5.41) is 13.3. The quantitative estimate of drug-likeness (QED) is 0.141. The number of nitrogens with one attached hydrogen (secondary N) is 1. The summed E-state index contributed by atoms with van der Waals surface area (Å²) in [6, 6.07) is 3.98. The topological polar surface area (TPSA) is 193 Å². The molecule has 14 nitrogen and oxygen atoms in total. The molecule has 0 saturated heterocycles. The normalized spacial score (nSPS) is 11.6. The zero-order valence-corrected chi connectivity index (χ0v) is 24.9. The Kier molecular flexibility index (Phi) is 10.3. The third kappa shape index (κ3) is 7.46. The second kappa shape index (κ2) is 13.5. The highest BCUT2D eigenvalue weighted by molar-refractivity contribution is 7.92. The van der Waals surface area contributed by atoms with E-state index in [0.717, 1.165) is 22.7 Å². The molecular formula is C25H24N4O10S3. The van der Waals surface area contributed by atoms with E-state index in [1.54, 1.807) is 13.8 Å². The first-order chi connectivity index (χ1) is 19.8. The number of nitro benzene ring substituents is 1. The Bertz CT molecular complexity index is 1810. The van der Waals surface area contributed by atoms with Gasteiger partial charge in [0.2, 0.25) is 5.91 Å². The number of hydrogen-bond donors (Lipinski definition) is 1. The van der Waals surface area contributed by atoms with E-state index >= 15 is 0 Å². The lowest BCUT2D eigenvalue weighted by atomic mass is 10.1. The van der Waals surface area contributed by atoms with Gasteiger partial charge in [0.1, 0.15) is 21.4 Å². The summed E-state index contributed by atoms with van der Waals surface area (Å²) >= 11 is 1.63. The van der Waals surface area contributed by atoms with Crippen molar-refractivity contribution in [2.45, 2.75) is 27.3 Å². The maximum atomic E-state index is 12.7. The number of carbonyl (C=O) groups is 4.